The number of nitrogens with zero attached hydrogens (tertiary/aromatic N) is 2. The zero-order valence-corrected chi connectivity index (χ0v) is 10.6. The molecule has 4 nitrogen and oxygen atoms in total. The summed E-state index contributed by atoms with van der Waals surface area (Å²) in [5.41, 5.74) is 1.07. The molecule has 1 fully saturated rings. The lowest BCUT2D eigenvalue weighted by Gasteiger charge is -2.36. The standard InChI is InChI=1S/C14H16N2O2/c1-10-9-18-11(2)8-16(10)14(17)13-5-3-4-12(6-13)7-15/h3-6,10-11H,8-9H2,1-2H3/t10-,11+/m1/s1. The number of ether oxygens (including phenoxy) is 1. The first kappa shape index (κ1) is 12.6. The summed E-state index contributed by atoms with van der Waals surface area (Å²) >= 11 is 0. The fraction of sp³-hybridized carbons (Fsp3) is 0.429. The number of carbonyl (C=O) groups excluding carboxylic acids is 1. The van der Waals surface area contributed by atoms with Gasteiger partial charge in [0.1, 0.15) is 0 Å². The summed E-state index contributed by atoms with van der Waals surface area (Å²) < 4.78 is 5.51. The Morgan fingerprint density at radius 1 is 1.50 bits per heavy atom. The first-order valence-electron chi connectivity index (χ1n) is 6.04. The van der Waals surface area contributed by atoms with E-state index in [0.29, 0.717) is 24.3 Å². The zero-order valence-electron chi connectivity index (χ0n) is 10.6. The molecule has 1 aromatic carbocycles. The van der Waals surface area contributed by atoms with Gasteiger partial charge >= 0.3 is 0 Å². The number of nitriles is 1. The van der Waals surface area contributed by atoms with Gasteiger partial charge in [0.2, 0.25) is 0 Å². The molecule has 0 aromatic heterocycles. The maximum Gasteiger partial charge on any atom is 0.254 e. The summed E-state index contributed by atoms with van der Waals surface area (Å²) in [5.74, 6) is -0.0326. The second kappa shape index (κ2) is 5.19. The van der Waals surface area contributed by atoms with Gasteiger partial charge in [0.05, 0.1) is 30.4 Å². The van der Waals surface area contributed by atoms with Crippen LogP contribution in [0.1, 0.15) is 29.8 Å². The Balaban J connectivity index is 2.22. The Hall–Kier alpha value is -1.86. The molecule has 0 aliphatic carbocycles. The third-order valence-electron chi connectivity index (χ3n) is 3.11. The summed E-state index contributed by atoms with van der Waals surface area (Å²) in [7, 11) is 0. The minimum absolute atomic E-state index is 0.0326. The van der Waals surface area contributed by atoms with Gasteiger partial charge in [-0.1, -0.05) is 6.07 Å². The molecule has 1 aliphatic heterocycles. The molecule has 2 atom stereocenters. The van der Waals surface area contributed by atoms with Crippen molar-refractivity contribution in [2.45, 2.75) is 26.0 Å². The molecule has 0 radical (unpaired) electrons. The maximum atomic E-state index is 12.4. The smallest absolute Gasteiger partial charge is 0.254 e. The Morgan fingerprint density at radius 2 is 2.28 bits per heavy atom. The van der Waals surface area contributed by atoms with Gasteiger partial charge in [-0.3, -0.25) is 4.79 Å². The van der Waals surface area contributed by atoms with Crippen molar-refractivity contribution in [3.63, 3.8) is 0 Å². The van der Waals surface area contributed by atoms with Crippen LogP contribution in [-0.4, -0.2) is 36.1 Å². The van der Waals surface area contributed by atoms with Crippen LogP contribution in [0.2, 0.25) is 0 Å². The molecule has 18 heavy (non-hydrogen) atoms. The van der Waals surface area contributed by atoms with Gasteiger partial charge in [0.25, 0.3) is 5.91 Å². The van der Waals surface area contributed by atoms with Crippen molar-refractivity contribution >= 4 is 5.91 Å². The molecule has 0 saturated carbocycles. The number of hydrogen-bond donors (Lipinski definition) is 0. The van der Waals surface area contributed by atoms with Crippen LogP contribution in [0.25, 0.3) is 0 Å². The van der Waals surface area contributed by atoms with Gasteiger partial charge in [-0.05, 0) is 32.0 Å². The summed E-state index contributed by atoms with van der Waals surface area (Å²) in [4.78, 5) is 14.2. The molecule has 1 amide bonds. The van der Waals surface area contributed by atoms with E-state index in [2.05, 4.69) is 0 Å². The third kappa shape index (κ3) is 2.52. The average Bonchev–Trinajstić information content (AvgIpc) is 2.41. The Morgan fingerprint density at radius 3 is 3.00 bits per heavy atom. The number of carbonyl (C=O) groups is 1. The van der Waals surface area contributed by atoms with Crippen LogP contribution in [0, 0.1) is 11.3 Å². The van der Waals surface area contributed by atoms with Crippen molar-refractivity contribution in [3.8, 4) is 6.07 Å². The van der Waals surface area contributed by atoms with E-state index in [-0.39, 0.29) is 18.1 Å². The zero-order chi connectivity index (χ0) is 13.1. The fourth-order valence-corrected chi connectivity index (χ4v) is 2.07. The molecule has 0 N–H and O–H groups in total. The molecule has 0 unspecified atom stereocenters. The highest BCUT2D eigenvalue weighted by molar-refractivity contribution is 5.94. The van der Waals surface area contributed by atoms with Crippen LogP contribution in [0.3, 0.4) is 0 Å². The van der Waals surface area contributed by atoms with E-state index in [0.717, 1.165) is 0 Å². The van der Waals surface area contributed by atoms with Crippen molar-refractivity contribution in [1.29, 1.82) is 5.26 Å². The monoisotopic (exact) mass is 244 g/mol. The summed E-state index contributed by atoms with van der Waals surface area (Å²) in [6.07, 6.45) is 0.0595. The number of benzene rings is 1. The number of morpholine rings is 1. The van der Waals surface area contributed by atoms with Gasteiger partial charge in [0.15, 0.2) is 0 Å². The maximum absolute atomic E-state index is 12.4. The van der Waals surface area contributed by atoms with E-state index in [1.54, 1.807) is 24.3 Å². The molecule has 1 saturated heterocycles. The molecular formula is C14H16N2O2. The summed E-state index contributed by atoms with van der Waals surface area (Å²) in [6.45, 7) is 5.08. The Bertz CT molecular complexity index is 493. The molecule has 2 rings (SSSR count). The number of amides is 1. The van der Waals surface area contributed by atoms with Gasteiger partial charge in [-0.15, -0.1) is 0 Å². The minimum atomic E-state index is -0.0326. The van der Waals surface area contributed by atoms with Gasteiger partial charge in [0, 0.05) is 12.1 Å². The van der Waals surface area contributed by atoms with E-state index >= 15 is 0 Å². The predicted octanol–water partition coefficient (Wildman–Crippen LogP) is 1.81. The number of rotatable bonds is 1. The van der Waals surface area contributed by atoms with Gasteiger partial charge in [-0.25, -0.2) is 0 Å². The number of hydrogen-bond acceptors (Lipinski definition) is 3. The van der Waals surface area contributed by atoms with E-state index in [1.807, 2.05) is 24.8 Å². The first-order chi connectivity index (χ1) is 8.61. The van der Waals surface area contributed by atoms with Crippen molar-refractivity contribution < 1.29 is 9.53 Å². The molecular weight excluding hydrogens is 228 g/mol. The predicted molar refractivity (Wildman–Crippen MR) is 67.1 cm³/mol. The largest absolute Gasteiger partial charge is 0.375 e. The van der Waals surface area contributed by atoms with Crippen LogP contribution in [0.5, 0.6) is 0 Å². The third-order valence-corrected chi connectivity index (χ3v) is 3.11. The highest BCUT2D eigenvalue weighted by Gasteiger charge is 2.28. The topological polar surface area (TPSA) is 53.3 Å². The SMILES string of the molecule is C[C@@H]1CO[C@@H](C)CN1C(=O)c1cccc(C#N)c1. The normalized spacial score (nSPS) is 23.5. The van der Waals surface area contributed by atoms with Crippen LogP contribution >= 0.6 is 0 Å². The van der Waals surface area contributed by atoms with E-state index < -0.39 is 0 Å². The molecule has 94 valence electrons. The highest BCUT2D eigenvalue weighted by atomic mass is 16.5. The second-order valence-electron chi connectivity index (χ2n) is 4.64. The first-order valence-corrected chi connectivity index (χ1v) is 6.04. The van der Waals surface area contributed by atoms with E-state index in [4.69, 9.17) is 10.00 Å². The van der Waals surface area contributed by atoms with Crippen molar-refractivity contribution in [3.05, 3.63) is 35.4 Å². The molecule has 1 aliphatic rings. The van der Waals surface area contributed by atoms with Crippen LogP contribution < -0.4 is 0 Å². The van der Waals surface area contributed by atoms with Crippen LogP contribution in [-0.2, 0) is 4.74 Å². The average molecular weight is 244 g/mol. The quantitative estimate of drug-likeness (QED) is 0.757. The van der Waals surface area contributed by atoms with Crippen LogP contribution in [0.15, 0.2) is 24.3 Å². The second-order valence-corrected chi connectivity index (χ2v) is 4.64. The summed E-state index contributed by atoms with van der Waals surface area (Å²) in [6, 6.07) is 8.93. The Kier molecular flexibility index (Phi) is 3.63. The minimum Gasteiger partial charge on any atom is -0.375 e. The highest BCUT2D eigenvalue weighted by Crippen LogP contribution is 2.16. The fourth-order valence-electron chi connectivity index (χ4n) is 2.07. The lowest BCUT2D eigenvalue weighted by Crippen LogP contribution is -2.50. The van der Waals surface area contributed by atoms with E-state index in [9.17, 15) is 4.79 Å². The lowest BCUT2D eigenvalue weighted by atomic mass is 10.1. The molecule has 0 bridgehead atoms. The van der Waals surface area contributed by atoms with Crippen LogP contribution in [0.4, 0.5) is 0 Å². The summed E-state index contributed by atoms with van der Waals surface area (Å²) in [5, 5.41) is 8.85. The molecule has 1 heterocycles. The van der Waals surface area contributed by atoms with E-state index in [1.165, 1.54) is 0 Å². The van der Waals surface area contributed by atoms with Crippen molar-refractivity contribution in [2.75, 3.05) is 13.2 Å². The molecule has 1 aromatic rings. The lowest BCUT2D eigenvalue weighted by molar-refractivity contribution is -0.0387. The van der Waals surface area contributed by atoms with Crippen molar-refractivity contribution in [2.24, 2.45) is 0 Å². The molecule has 4 heteroatoms. The van der Waals surface area contributed by atoms with Crippen molar-refractivity contribution in [1.82, 2.24) is 4.90 Å². The Labute approximate surface area is 107 Å². The molecule has 0 spiro atoms. The van der Waals surface area contributed by atoms with Gasteiger partial charge < -0.3 is 9.64 Å². The van der Waals surface area contributed by atoms with Gasteiger partial charge in [-0.2, -0.15) is 5.26 Å².